The maximum Gasteiger partial charge on any atom is 0.119 e. The molecule has 0 spiro atoms. The van der Waals surface area contributed by atoms with Crippen molar-refractivity contribution in [1.82, 2.24) is 0 Å². The molecule has 2 atom stereocenters. The van der Waals surface area contributed by atoms with Crippen molar-refractivity contribution in [3.05, 3.63) is 47.0 Å². The van der Waals surface area contributed by atoms with Crippen LogP contribution in [-0.4, -0.2) is 15.8 Å². The molecule has 1 aromatic rings. The van der Waals surface area contributed by atoms with Gasteiger partial charge >= 0.3 is 0 Å². The van der Waals surface area contributed by atoms with Gasteiger partial charge in [0.1, 0.15) is 11.2 Å². The van der Waals surface area contributed by atoms with Crippen LogP contribution in [0.4, 0.5) is 0 Å². The van der Waals surface area contributed by atoms with Crippen molar-refractivity contribution >= 4 is 11.6 Å². The predicted molar refractivity (Wildman–Crippen MR) is 66.5 cm³/mol. The van der Waals surface area contributed by atoms with Gasteiger partial charge in [0.25, 0.3) is 0 Å². The Balaban J connectivity index is 3.15. The van der Waals surface area contributed by atoms with Gasteiger partial charge in [0.2, 0.25) is 0 Å². The zero-order chi connectivity index (χ0) is 12.4. The van der Waals surface area contributed by atoms with Crippen LogP contribution in [0.2, 0.25) is 5.02 Å². The Morgan fingerprint density at radius 2 is 1.62 bits per heavy atom. The monoisotopic (exact) mass is 240 g/mol. The second kappa shape index (κ2) is 4.58. The minimum Gasteiger partial charge on any atom is -0.383 e. The van der Waals surface area contributed by atoms with E-state index in [-0.39, 0.29) is 0 Å². The summed E-state index contributed by atoms with van der Waals surface area (Å²) < 4.78 is 0. The molecule has 0 aliphatic carbocycles. The number of allylic oxidation sites excluding steroid dienone is 1. The van der Waals surface area contributed by atoms with Crippen LogP contribution >= 0.6 is 11.6 Å². The molecule has 0 saturated carbocycles. The summed E-state index contributed by atoms with van der Waals surface area (Å²) in [6, 6.07) is 6.80. The van der Waals surface area contributed by atoms with Gasteiger partial charge in [0.05, 0.1) is 0 Å². The predicted octanol–water partition coefficient (Wildman–Crippen LogP) is 2.87. The molecule has 0 aliphatic heterocycles. The first-order valence-corrected chi connectivity index (χ1v) is 5.53. The first-order valence-electron chi connectivity index (χ1n) is 5.16. The van der Waals surface area contributed by atoms with E-state index in [4.69, 9.17) is 11.6 Å². The second-order valence-electron chi connectivity index (χ2n) is 4.23. The SMILES string of the molecule is CC=CC(C)(O)C(C)(O)c1ccc(Cl)cc1. The molecule has 16 heavy (non-hydrogen) atoms. The first-order chi connectivity index (χ1) is 7.31. The van der Waals surface area contributed by atoms with Gasteiger partial charge in [-0.05, 0) is 38.5 Å². The largest absolute Gasteiger partial charge is 0.383 e. The quantitative estimate of drug-likeness (QED) is 0.798. The highest BCUT2D eigenvalue weighted by molar-refractivity contribution is 6.30. The number of hydrogen-bond donors (Lipinski definition) is 2. The fraction of sp³-hybridized carbons (Fsp3) is 0.385. The smallest absolute Gasteiger partial charge is 0.119 e. The zero-order valence-corrected chi connectivity index (χ0v) is 10.5. The third kappa shape index (κ3) is 2.46. The van der Waals surface area contributed by atoms with Crippen molar-refractivity contribution < 1.29 is 10.2 Å². The zero-order valence-electron chi connectivity index (χ0n) is 9.74. The molecule has 2 nitrogen and oxygen atoms in total. The minimum absolute atomic E-state index is 0.602. The first kappa shape index (κ1) is 13.2. The highest BCUT2D eigenvalue weighted by Crippen LogP contribution is 2.34. The van der Waals surface area contributed by atoms with Gasteiger partial charge in [-0.15, -0.1) is 0 Å². The van der Waals surface area contributed by atoms with Crippen molar-refractivity contribution in [3.8, 4) is 0 Å². The summed E-state index contributed by atoms with van der Waals surface area (Å²) in [6.45, 7) is 4.95. The van der Waals surface area contributed by atoms with Crippen LogP contribution in [-0.2, 0) is 5.60 Å². The summed E-state index contributed by atoms with van der Waals surface area (Å²) in [6.07, 6.45) is 3.28. The molecule has 0 aromatic heterocycles. The molecule has 0 radical (unpaired) electrons. The molecule has 0 amide bonds. The Morgan fingerprint density at radius 1 is 1.12 bits per heavy atom. The lowest BCUT2D eigenvalue weighted by Gasteiger charge is -2.36. The standard InChI is InChI=1S/C13H17ClO2/c1-4-9-12(2,15)13(3,16)10-5-7-11(14)8-6-10/h4-9,15-16H,1-3H3. The van der Waals surface area contributed by atoms with Crippen LogP contribution in [0, 0.1) is 0 Å². The fourth-order valence-electron chi connectivity index (χ4n) is 1.55. The topological polar surface area (TPSA) is 40.5 Å². The van der Waals surface area contributed by atoms with Gasteiger partial charge in [0, 0.05) is 5.02 Å². The molecule has 0 bridgehead atoms. The second-order valence-corrected chi connectivity index (χ2v) is 4.66. The molecule has 1 rings (SSSR count). The normalized spacial score (nSPS) is 19.4. The van der Waals surface area contributed by atoms with Gasteiger partial charge in [-0.2, -0.15) is 0 Å². The van der Waals surface area contributed by atoms with Gasteiger partial charge in [-0.25, -0.2) is 0 Å². The Kier molecular flexibility index (Phi) is 3.79. The van der Waals surface area contributed by atoms with Crippen molar-refractivity contribution in [1.29, 1.82) is 0 Å². The van der Waals surface area contributed by atoms with Gasteiger partial charge in [-0.1, -0.05) is 35.9 Å². The van der Waals surface area contributed by atoms with Crippen LogP contribution in [0.3, 0.4) is 0 Å². The third-order valence-electron chi connectivity index (χ3n) is 2.88. The van der Waals surface area contributed by atoms with Crippen LogP contribution < -0.4 is 0 Å². The fourth-order valence-corrected chi connectivity index (χ4v) is 1.68. The molecular weight excluding hydrogens is 224 g/mol. The van der Waals surface area contributed by atoms with Crippen molar-refractivity contribution in [2.45, 2.75) is 32.0 Å². The molecule has 0 heterocycles. The lowest BCUT2D eigenvalue weighted by molar-refractivity contribution is -0.107. The van der Waals surface area contributed by atoms with E-state index in [1.54, 1.807) is 57.2 Å². The summed E-state index contributed by atoms with van der Waals surface area (Å²) in [5, 5.41) is 21.2. The average molecular weight is 241 g/mol. The maximum atomic E-state index is 10.4. The molecule has 0 fully saturated rings. The molecule has 88 valence electrons. The average Bonchev–Trinajstić information content (AvgIpc) is 2.18. The highest BCUT2D eigenvalue weighted by Gasteiger charge is 2.40. The van der Waals surface area contributed by atoms with Crippen molar-refractivity contribution in [3.63, 3.8) is 0 Å². The Hall–Kier alpha value is -0.830. The molecule has 1 aromatic carbocycles. The van der Waals surface area contributed by atoms with E-state index in [1.165, 1.54) is 0 Å². The third-order valence-corrected chi connectivity index (χ3v) is 3.14. The summed E-state index contributed by atoms with van der Waals surface area (Å²) in [5.74, 6) is 0. The number of rotatable bonds is 3. The van der Waals surface area contributed by atoms with Crippen molar-refractivity contribution in [2.24, 2.45) is 0 Å². The maximum absolute atomic E-state index is 10.4. The lowest BCUT2D eigenvalue weighted by Crippen LogP contribution is -2.45. The number of hydrogen-bond acceptors (Lipinski definition) is 2. The molecule has 0 aliphatic rings. The van der Waals surface area contributed by atoms with Gasteiger partial charge < -0.3 is 10.2 Å². The Labute approximate surface area is 101 Å². The van der Waals surface area contributed by atoms with E-state index in [0.29, 0.717) is 10.6 Å². The number of aliphatic hydroxyl groups is 2. The van der Waals surface area contributed by atoms with Crippen LogP contribution in [0.15, 0.2) is 36.4 Å². The van der Waals surface area contributed by atoms with Crippen molar-refractivity contribution in [2.75, 3.05) is 0 Å². The van der Waals surface area contributed by atoms with Crippen LogP contribution in [0.1, 0.15) is 26.3 Å². The number of halogens is 1. The van der Waals surface area contributed by atoms with E-state index in [0.717, 1.165) is 0 Å². The minimum atomic E-state index is -1.36. The molecule has 2 N–H and O–H groups in total. The molecule has 2 unspecified atom stereocenters. The lowest BCUT2D eigenvalue weighted by atomic mass is 9.80. The van der Waals surface area contributed by atoms with E-state index in [1.807, 2.05) is 0 Å². The summed E-state index contributed by atoms with van der Waals surface area (Å²) >= 11 is 5.78. The summed E-state index contributed by atoms with van der Waals surface area (Å²) in [7, 11) is 0. The van der Waals surface area contributed by atoms with E-state index in [9.17, 15) is 10.2 Å². The van der Waals surface area contributed by atoms with Crippen LogP contribution in [0.25, 0.3) is 0 Å². The van der Waals surface area contributed by atoms with Gasteiger partial charge in [0.15, 0.2) is 0 Å². The van der Waals surface area contributed by atoms with E-state index < -0.39 is 11.2 Å². The van der Waals surface area contributed by atoms with E-state index in [2.05, 4.69) is 0 Å². The highest BCUT2D eigenvalue weighted by atomic mass is 35.5. The molecule has 3 heteroatoms. The molecule has 0 saturated heterocycles. The van der Waals surface area contributed by atoms with E-state index >= 15 is 0 Å². The Bertz CT molecular complexity index is 377. The summed E-state index contributed by atoms with van der Waals surface area (Å²) in [4.78, 5) is 0. The van der Waals surface area contributed by atoms with Gasteiger partial charge in [-0.3, -0.25) is 0 Å². The van der Waals surface area contributed by atoms with Crippen LogP contribution in [0.5, 0.6) is 0 Å². The Morgan fingerprint density at radius 3 is 2.06 bits per heavy atom. The number of benzene rings is 1. The summed E-state index contributed by atoms with van der Waals surface area (Å²) in [5.41, 5.74) is -2.06. The molecular formula is C13H17ClO2.